The Morgan fingerprint density at radius 3 is 2.79 bits per heavy atom. The maximum absolute atomic E-state index is 12.7. The molecule has 102 valence electrons. The largest absolute Gasteiger partial charge is 0.335 e. The zero-order valence-electron chi connectivity index (χ0n) is 11.6. The van der Waals surface area contributed by atoms with Gasteiger partial charge in [0.05, 0.1) is 11.5 Å². The van der Waals surface area contributed by atoms with Gasteiger partial charge in [0.15, 0.2) is 0 Å². The SMILES string of the molecule is Cc1ccccc1C1CCCN1C(=O)C1(CN)CC1. The van der Waals surface area contributed by atoms with Crippen molar-refractivity contribution in [1.82, 2.24) is 4.90 Å². The highest BCUT2D eigenvalue weighted by Crippen LogP contribution is 2.48. The van der Waals surface area contributed by atoms with Crippen molar-refractivity contribution in [2.75, 3.05) is 13.1 Å². The minimum atomic E-state index is -0.217. The first-order chi connectivity index (χ1) is 9.18. The molecule has 0 radical (unpaired) electrons. The number of hydrogen-bond acceptors (Lipinski definition) is 2. The molecule has 0 spiro atoms. The topological polar surface area (TPSA) is 46.3 Å². The fraction of sp³-hybridized carbons (Fsp3) is 0.562. The van der Waals surface area contributed by atoms with E-state index in [1.54, 1.807) is 0 Å². The lowest BCUT2D eigenvalue weighted by atomic mass is 9.97. The van der Waals surface area contributed by atoms with E-state index in [2.05, 4.69) is 36.1 Å². The lowest BCUT2D eigenvalue weighted by Crippen LogP contribution is -2.40. The van der Waals surface area contributed by atoms with Crippen molar-refractivity contribution in [1.29, 1.82) is 0 Å². The summed E-state index contributed by atoms with van der Waals surface area (Å²) in [5.41, 5.74) is 8.18. The van der Waals surface area contributed by atoms with Crippen molar-refractivity contribution in [3.05, 3.63) is 35.4 Å². The molecule has 1 aromatic rings. The maximum atomic E-state index is 12.7. The van der Waals surface area contributed by atoms with E-state index in [9.17, 15) is 4.79 Å². The molecule has 2 aliphatic rings. The van der Waals surface area contributed by atoms with Crippen LogP contribution in [0.2, 0.25) is 0 Å². The second-order valence-electron chi connectivity index (χ2n) is 6.00. The first-order valence-electron chi connectivity index (χ1n) is 7.25. The van der Waals surface area contributed by atoms with Crippen molar-refractivity contribution in [3.63, 3.8) is 0 Å². The van der Waals surface area contributed by atoms with Gasteiger partial charge in [0.25, 0.3) is 0 Å². The maximum Gasteiger partial charge on any atom is 0.230 e. The van der Waals surface area contributed by atoms with Crippen LogP contribution in [-0.4, -0.2) is 23.9 Å². The zero-order valence-corrected chi connectivity index (χ0v) is 11.6. The quantitative estimate of drug-likeness (QED) is 0.905. The first kappa shape index (κ1) is 12.7. The fourth-order valence-corrected chi connectivity index (χ4v) is 3.25. The third kappa shape index (κ3) is 2.06. The third-order valence-electron chi connectivity index (χ3n) is 4.76. The average Bonchev–Trinajstić information content (AvgIpc) is 3.09. The normalized spacial score (nSPS) is 24.5. The van der Waals surface area contributed by atoms with Crippen LogP contribution in [0.5, 0.6) is 0 Å². The monoisotopic (exact) mass is 258 g/mol. The average molecular weight is 258 g/mol. The van der Waals surface area contributed by atoms with Crippen LogP contribution in [0.4, 0.5) is 0 Å². The second kappa shape index (κ2) is 4.64. The highest BCUT2D eigenvalue weighted by atomic mass is 16.2. The summed E-state index contributed by atoms with van der Waals surface area (Å²) >= 11 is 0. The number of carbonyl (C=O) groups excluding carboxylic acids is 1. The van der Waals surface area contributed by atoms with Crippen LogP contribution >= 0.6 is 0 Å². The van der Waals surface area contributed by atoms with Crippen molar-refractivity contribution in [2.45, 2.75) is 38.6 Å². The van der Waals surface area contributed by atoms with Crippen LogP contribution in [0.15, 0.2) is 24.3 Å². The Hall–Kier alpha value is -1.35. The van der Waals surface area contributed by atoms with Crippen LogP contribution in [-0.2, 0) is 4.79 Å². The smallest absolute Gasteiger partial charge is 0.230 e. The predicted molar refractivity (Wildman–Crippen MR) is 75.6 cm³/mol. The summed E-state index contributed by atoms with van der Waals surface area (Å²) in [6.07, 6.45) is 4.13. The van der Waals surface area contributed by atoms with Crippen LogP contribution < -0.4 is 5.73 Å². The van der Waals surface area contributed by atoms with E-state index >= 15 is 0 Å². The number of aryl methyl sites for hydroxylation is 1. The molecule has 2 N–H and O–H groups in total. The summed E-state index contributed by atoms with van der Waals surface area (Å²) in [5, 5.41) is 0. The summed E-state index contributed by atoms with van der Waals surface area (Å²) in [7, 11) is 0. The molecule has 0 bridgehead atoms. The van der Waals surface area contributed by atoms with Gasteiger partial charge >= 0.3 is 0 Å². The van der Waals surface area contributed by atoms with E-state index in [0.717, 1.165) is 32.2 Å². The molecule has 3 rings (SSSR count). The van der Waals surface area contributed by atoms with Crippen LogP contribution in [0.3, 0.4) is 0 Å². The van der Waals surface area contributed by atoms with Gasteiger partial charge in [-0.05, 0) is 43.7 Å². The molecule has 19 heavy (non-hydrogen) atoms. The van der Waals surface area contributed by atoms with Crippen molar-refractivity contribution in [3.8, 4) is 0 Å². The van der Waals surface area contributed by atoms with Crippen molar-refractivity contribution in [2.24, 2.45) is 11.1 Å². The zero-order chi connectivity index (χ0) is 13.5. The molecule has 1 amide bonds. The minimum Gasteiger partial charge on any atom is -0.335 e. The highest BCUT2D eigenvalue weighted by Gasteiger charge is 2.52. The van der Waals surface area contributed by atoms with Gasteiger partial charge in [0.1, 0.15) is 0 Å². The Balaban J connectivity index is 1.86. The number of benzene rings is 1. The molecule has 1 aliphatic carbocycles. The van der Waals surface area contributed by atoms with Gasteiger partial charge in [-0.15, -0.1) is 0 Å². The summed E-state index contributed by atoms with van der Waals surface area (Å²) in [5.74, 6) is 0.292. The molecule has 1 saturated carbocycles. The Kier molecular flexibility index (Phi) is 3.09. The number of likely N-dealkylation sites (tertiary alicyclic amines) is 1. The fourth-order valence-electron chi connectivity index (χ4n) is 3.25. The van der Waals surface area contributed by atoms with Crippen LogP contribution in [0.1, 0.15) is 42.9 Å². The summed E-state index contributed by atoms with van der Waals surface area (Å²) < 4.78 is 0. The molecular weight excluding hydrogens is 236 g/mol. The number of hydrogen-bond donors (Lipinski definition) is 1. The molecule has 0 aromatic heterocycles. The van der Waals surface area contributed by atoms with E-state index in [1.807, 2.05) is 0 Å². The standard InChI is InChI=1S/C16H22N2O/c1-12-5-2-3-6-13(12)14-7-4-10-18(14)15(19)16(11-17)8-9-16/h2-3,5-6,14H,4,7-11,17H2,1H3. The highest BCUT2D eigenvalue weighted by molar-refractivity contribution is 5.86. The number of nitrogens with zero attached hydrogens (tertiary/aromatic N) is 1. The first-order valence-corrected chi connectivity index (χ1v) is 7.25. The molecule has 2 fully saturated rings. The molecule has 1 atom stereocenters. The molecule has 1 aromatic carbocycles. The van der Waals surface area contributed by atoms with Gasteiger partial charge in [-0.1, -0.05) is 24.3 Å². The second-order valence-corrected chi connectivity index (χ2v) is 6.00. The Bertz CT molecular complexity index is 493. The lowest BCUT2D eigenvalue weighted by molar-refractivity contribution is -0.137. The minimum absolute atomic E-state index is 0.217. The Morgan fingerprint density at radius 1 is 1.42 bits per heavy atom. The van der Waals surface area contributed by atoms with E-state index in [0.29, 0.717) is 12.5 Å². The van der Waals surface area contributed by atoms with Gasteiger partial charge in [-0.2, -0.15) is 0 Å². The van der Waals surface area contributed by atoms with Crippen LogP contribution in [0, 0.1) is 12.3 Å². The number of nitrogens with two attached hydrogens (primary N) is 1. The van der Waals surface area contributed by atoms with Gasteiger partial charge in [-0.3, -0.25) is 4.79 Å². The van der Waals surface area contributed by atoms with E-state index in [1.165, 1.54) is 11.1 Å². The van der Waals surface area contributed by atoms with E-state index in [-0.39, 0.29) is 11.5 Å². The van der Waals surface area contributed by atoms with Gasteiger partial charge in [-0.25, -0.2) is 0 Å². The molecule has 1 heterocycles. The summed E-state index contributed by atoms with van der Waals surface area (Å²) in [6, 6.07) is 8.68. The summed E-state index contributed by atoms with van der Waals surface area (Å²) in [4.78, 5) is 14.8. The van der Waals surface area contributed by atoms with E-state index in [4.69, 9.17) is 5.73 Å². The van der Waals surface area contributed by atoms with Crippen LogP contribution in [0.25, 0.3) is 0 Å². The lowest BCUT2D eigenvalue weighted by Gasteiger charge is -2.29. The Labute approximate surface area is 114 Å². The Morgan fingerprint density at radius 2 is 2.16 bits per heavy atom. The molecule has 1 unspecified atom stereocenters. The molecule has 3 nitrogen and oxygen atoms in total. The molecular formula is C16H22N2O. The third-order valence-corrected chi connectivity index (χ3v) is 4.76. The number of carbonyl (C=O) groups is 1. The van der Waals surface area contributed by atoms with Gasteiger partial charge in [0.2, 0.25) is 5.91 Å². The van der Waals surface area contributed by atoms with Crippen molar-refractivity contribution >= 4 is 5.91 Å². The number of rotatable bonds is 3. The van der Waals surface area contributed by atoms with E-state index < -0.39 is 0 Å². The predicted octanol–water partition coefficient (Wildman–Crippen LogP) is 2.40. The molecule has 3 heteroatoms. The summed E-state index contributed by atoms with van der Waals surface area (Å²) in [6.45, 7) is 3.52. The molecule has 1 saturated heterocycles. The van der Waals surface area contributed by atoms with Gasteiger partial charge < -0.3 is 10.6 Å². The van der Waals surface area contributed by atoms with Crippen molar-refractivity contribution < 1.29 is 4.79 Å². The number of amides is 1. The van der Waals surface area contributed by atoms with Gasteiger partial charge in [0, 0.05) is 13.1 Å². The molecule has 1 aliphatic heterocycles.